The number of para-hydroxylation sites is 2. The summed E-state index contributed by atoms with van der Waals surface area (Å²) in [5.74, 6) is 3.34. The summed E-state index contributed by atoms with van der Waals surface area (Å²) in [4.78, 5) is 4.93. The van der Waals surface area contributed by atoms with Crippen molar-refractivity contribution in [3.8, 4) is 22.3 Å². The van der Waals surface area contributed by atoms with Gasteiger partial charge in [0.2, 0.25) is 0 Å². The predicted molar refractivity (Wildman–Crippen MR) is 294 cm³/mol. The van der Waals surface area contributed by atoms with Gasteiger partial charge in [0.1, 0.15) is 0 Å². The highest BCUT2D eigenvalue weighted by Crippen LogP contribution is 2.61. The van der Waals surface area contributed by atoms with Gasteiger partial charge in [-0.15, -0.1) is 0 Å². The van der Waals surface area contributed by atoms with Gasteiger partial charge >= 0.3 is 0 Å². The summed E-state index contributed by atoms with van der Waals surface area (Å²) in [5.41, 5.74) is 19.8. The lowest BCUT2D eigenvalue weighted by Crippen LogP contribution is -2.48. The van der Waals surface area contributed by atoms with E-state index in [1.54, 1.807) is 5.56 Å². The zero-order valence-corrected chi connectivity index (χ0v) is 41.3. The Kier molecular flexibility index (Phi) is 10.6. The van der Waals surface area contributed by atoms with E-state index in [1.165, 1.54) is 131 Å². The van der Waals surface area contributed by atoms with Gasteiger partial charge in [-0.25, -0.2) is 0 Å². The lowest BCUT2D eigenvalue weighted by atomic mass is 9.48. The summed E-state index contributed by atoms with van der Waals surface area (Å²) in [6.07, 6.45) is 13.5. The summed E-state index contributed by atoms with van der Waals surface area (Å²) in [7, 11) is 0. The van der Waals surface area contributed by atoms with Gasteiger partial charge < -0.3 is 9.80 Å². The van der Waals surface area contributed by atoms with Crippen LogP contribution in [-0.2, 0) is 16.2 Å². The van der Waals surface area contributed by atoms with Crippen molar-refractivity contribution in [1.29, 1.82) is 0 Å². The zero-order valence-electron chi connectivity index (χ0n) is 41.3. The number of anilines is 6. The predicted octanol–water partition coefficient (Wildman–Crippen LogP) is 18.6. The molecule has 8 aromatic rings. The molecule has 6 aliphatic carbocycles. The van der Waals surface area contributed by atoms with Crippen molar-refractivity contribution in [2.75, 3.05) is 9.80 Å². The Hall–Kier alpha value is -6.64. The Morgan fingerprint density at radius 3 is 1.41 bits per heavy atom. The molecule has 0 radical (unpaired) electrons. The number of hydrogen-bond acceptors (Lipinski definition) is 2. The molecule has 2 nitrogen and oxygen atoms in total. The van der Waals surface area contributed by atoms with Crippen LogP contribution in [0, 0.1) is 23.7 Å². The Morgan fingerprint density at radius 2 is 0.886 bits per heavy atom. The fraction of sp³-hybridized carbons (Fsp3) is 0.294. The highest BCUT2D eigenvalue weighted by Gasteiger charge is 2.51. The number of hydrogen-bond donors (Lipinski definition) is 0. The van der Waals surface area contributed by atoms with Crippen molar-refractivity contribution in [2.24, 2.45) is 23.7 Å². The van der Waals surface area contributed by atoms with Crippen molar-refractivity contribution in [3.63, 3.8) is 0 Å². The van der Waals surface area contributed by atoms with Crippen LogP contribution >= 0.6 is 0 Å². The minimum absolute atomic E-state index is 0.0796. The van der Waals surface area contributed by atoms with E-state index >= 15 is 0 Å². The molecule has 14 rings (SSSR count). The van der Waals surface area contributed by atoms with Gasteiger partial charge in [0.05, 0.1) is 0 Å². The molecule has 0 saturated heterocycles. The van der Waals surface area contributed by atoms with Crippen LogP contribution in [0.15, 0.2) is 200 Å². The molecule has 348 valence electrons. The van der Waals surface area contributed by atoms with Crippen LogP contribution in [0.4, 0.5) is 34.1 Å². The number of nitrogens with zero attached hydrogens (tertiary/aromatic N) is 2. The molecule has 0 aromatic heterocycles. The molecule has 0 aliphatic heterocycles. The number of rotatable bonds is 10. The zero-order chi connectivity index (χ0) is 47.0. The third-order valence-electron chi connectivity index (χ3n) is 18.4. The van der Waals surface area contributed by atoms with Crippen LogP contribution in [-0.4, -0.2) is 0 Å². The second-order valence-corrected chi connectivity index (χ2v) is 22.7. The van der Waals surface area contributed by atoms with Crippen molar-refractivity contribution in [1.82, 2.24) is 0 Å². The van der Waals surface area contributed by atoms with Gasteiger partial charge in [-0.2, -0.15) is 0 Å². The highest BCUT2D eigenvalue weighted by molar-refractivity contribution is 5.94. The molecule has 6 aliphatic rings. The average Bonchev–Trinajstić information content (AvgIpc) is 3.63. The maximum Gasteiger partial charge on any atom is 0.0465 e. The summed E-state index contributed by atoms with van der Waals surface area (Å²) in [6, 6.07) is 76.2. The SMILES string of the molecule is CC1CCCCC1(c1ccc(N(c2ccccc2)c2ccc(C34CC5CC(CC(C5)C3)C4)cc2)cc1)c1ccc(N(c2ccccc2)c2ccc3c(c2)C(C)(C)c2cccc(-c4ccccc4)c2-3)cc1. The molecule has 0 spiro atoms. The number of benzene rings is 8. The third kappa shape index (κ3) is 7.11. The van der Waals surface area contributed by atoms with Crippen LogP contribution in [0.3, 0.4) is 0 Å². The van der Waals surface area contributed by atoms with Gasteiger partial charge in [-0.1, -0.05) is 161 Å². The minimum Gasteiger partial charge on any atom is -0.311 e. The summed E-state index contributed by atoms with van der Waals surface area (Å²) >= 11 is 0. The first-order valence-electron chi connectivity index (χ1n) is 26.6. The van der Waals surface area contributed by atoms with E-state index in [1.807, 2.05) is 0 Å². The Labute approximate surface area is 417 Å². The molecule has 70 heavy (non-hydrogen) atoms. The van der Waals surface area contributed by atoms with E-state index in [9.17, 15) is 0 Å². The van der Waals surface area contributed by atoms with Gasteiger partial charge in [0.25, 0.3) is 0 Å². The smallest absolute Gasteiger partial charge is 0.0465 e. The minimum atomic E-state index is -0.146. The molecule has 4 bridgehead atoms. The first-order chi connectivity index (χ1) is 34.3. The highest BCUT2D eigenvalue weighted by atomic mass is 15.1. The first kappa shape index (κ1) is 43.4. The van der Waals surface area contributed by atoms with Gasteiger partial charge in [0.15, 0.2) is 0 Å². The molecular formula is C68H66N2. The third-order valence-corrected chi connectivity index (χ3v) is 18.4. The molecule has 2 atom stereocenters. The summed E-state index contributed by atoms with van der Waals surface area (Å²) < 4.78 is 0. The summed E-state index contributed by atoms with van der Waals surface area (Å²) in [5, 5.41) is 0. The standard InChI is InChI=1S/C68H66N2/c1-47-16-13-14-39-68(47,53-27-33-58(34-28-53)69(55-19-9-5-10-20-55)57-31-25-52(26-32-57)67-44-48-40-49(45-67)42-50(41-48)46-67)54-29-35-59(36-30-54)70(56-21-11-6-12-22-56)60-37-38-62-64(43-60)66(2,3)63-24-15-23-61(65(62)63)51-17-7-4-8-18-51/h4-12,15,17-38,43,47-50H,13-14,16,39-42,44-46H2,1-3H3. The quantitative estimate of drug-likeness (QED) is 0.135. The van der Waals surface area contributed by atoms with Crippen molar-refractivity contribution >= 4 is 34.1 Å². The van der Waals surface area contributed by atoms with Gasteiger partial charge in [-0.05, 0) is 203 Å². The molecule has 0 amide bonds. The molecule has 2 heteroatoms. The fourth-order valence-electron chi connectivity index (χ4n) is 15.4. The molecule has 5 fully saturated rings. The van der Waals surface area contributed by atoms with E-state index in [0.717, 1.165) is 29.9 Å². The topological polar surface area (TPSA) is 6.48 Å². The normalized spacial score (nSPS) is 24.7. The fourth-order valence-corrected chi connectivity index (χ4v) is 15.4. The summed E-state index contributed by atoms with van der Waals surface area (Å²) in [6.45, 7) is 7.30. The van der Waals surface area contributed by atoms with Gasteiger partial charge in [-0.3, -0.25) is 0 Å². The maximum absolute atomic E-state index is 2.51. The van der Waals surface area contributed by atoms with Crippen LogP contribution in [0.2, 0.25) is 0 Å². The van der Waals surface area contributed by atoms with Crippen LogP contribution in [0.5, 0.6) is 0 Å². The molecule has 0 heterocycles. The number of fused-ring (bicyclic) bond motifs is 3. The monoisotopic (exact) mass is 911 g/mol. The molecule has 8 aromatic carbocycles. The van der Waals surface area contributed by atoms with Crippen LogP contribution in [0.1, 0.15) is 113 Å². The average molecular weight is 911 g/mol. The lowest BCUT2D eigenvalue weighted by molar-refractivity contribution is -0.00518. The maximum atomic E-state index is 2.51. The largest absolute Gasteiger partial charge is 0.311 e. The Bertz CT molecular complexity index is 3120. The molecular weight excluding hydrogens is 845 g/mol. The molecule has 0 N–H and O–H groups in total. The van der Waals surface area contributed by atoms with Crippen molar-refractivity contribution < 1.29 is 0 Å². The van der Waals surface area contributed by atoms with Gasteiger partial charge in [0, 0.05) is 45.0 Å². The molecule has 5 saturated carbocycles. The second kappa shape index (κ2) is 17.0. The first-order valence-corrected chi connectivity index (χ1v) is 26.6. The van der Waals surface area contributed by atoms with Crippen LogP contribution in [0.25, 0.3) is 22.3 Å². The van der Waals surface area contributed by atoms with E-state index in [2.05, 4.69) is 231 Å². The Morgan fingerprint density at radius 1 is 0.414 bits per heavy atom. The van der Waals surface area contributed by atoms with E-state index in [0.29, 0.717) is 11.3 Å². The molecule has 2 unspecified atom stereocenters. The van der Waals surface area contributed by atoms with E-state index < -0.39 is 0 Å². The van der Waals surface area contributed by atoms with Crippen molar-refractivity contribution in [3.05, 3.63) is 228 Å². The van der Waals surface area contributed by atoms with Crippen LogP contribution < -0.4 is 9.80 Å². The Balaban J connectivity index is 0.841. The lowest BCUT2D eigenvalue weighted by Gasteiger charge is -2.57. The van der Waals surface area contributed by atoms with E-state index in [4.69, 9.17) is 0 Å². The van der Waals surface area contributed by atoms with Crippen molar-refractivity contribution in [2.45, 2.75) is 101 Å². The van der Waals surface area contributed by atoms with E-state index in [-0.39, 0.29) is 10.8 Å². The second-order valence-electron chi connectivity index (χ2n) is 22.7.